The smallest absolute Gasteiger partial charge is 0.139 e. The molecule has 3 saturated carbocycles. The van der Waals surface area contributed by atoms with Gasteiger partial charge in [0.05, 0.1) is 38.7 Å². The van der Waals surface area contributed by atoms with E-state index in [-0.39, 0.29) is 22.9 Å². The molecule has 29 heavy (non-hydrogen) atoms. The molecule has 3 fully saturated rings. The summed E-state index contributed by atoms with van der Waals surface area (Å²) in [7, 11) is 4.72. The number of allylic oxidation sites excluding steroid dienone is 1. The standard InChI is InChI=1S/C25H41INO2/c1-16(28)23-22(27(4,5)13-12-26)15-21-19-7-6-17-14-18(29)8-10-24(17,2)20(19)9-11-25(21,23)3/h6,18-23,29H,7-15H2,1-5H3/q+1/t18-,19+,20-,21-,22+,23-,24-,25-/m0/s1. The largest absolute Gasteiger partial charge is 0.393 e. The molecule has 0 aliphatic heterocycles. The molecule has 4 aliphatic carbocycles. The lowest BCUT2D eigenvalue weighted by Crippen LogP contribution is -2.55. The third kappa shape index (κ3) is 3.38. The fraction of sp³-hybridized carbons (Fsp3) is 0.880. The molecule has 0 aromatic heterocycles. The van der Waals surface area contributed by atoms with Gasteiger partial charge in [-0.25, -0.2) is 0 Å². The number of nitrogens with zero attached hydrogens (tertiary/aromatic N) is 1. The first-order chi connectivity index (χ1) is 13.5. The molecule has 164 valence electrons. The normalized spacial score (nSPS) is 47.1. The summed E-state index contributed by atoms with van der Waals surface area (Å²) in [4.78, 5) is 13.0. The summed E-state index contributed by atoms with van der Waals surface area (Å²) in [5.41, 5.74) is 1.98. The zero-order valence-corrected chi connectivity index (χ0v) is 21.2. The van der Waals surface area contributed by atoms with Gasteiger partial charge in [0.15, 0.2) is 0 Å². The van der Waals surface area contributed by atoms with Crippen molar-refractivity contribution >= 4 is 28.4 Å². The predicted octanol–water partition coefficient (Wildman–Crippen LogP) is 5.01. The molecule has 0 heterocycles. The first kappa shape index (κ1) is 22.3. The average Bonchev–Trinajstić information content (AvgIpc) is 2.96. The van der Waals surface area contributed by atoms with Crippen LogP contribution in [0.25, 0.3) is 0 Å². The van der Waals surface area contributed by atoms with Gasteiger partial charge in [0.2, 0.25) is 0 Å². The first-order valence-corrected chi connectivity index (χ1v) is 13.3. The van der Waals surface area contributed by atoms with Crippen LogP contribution in [-0.2, 0) is 4.79 Å². The number of ketones is 1. The Morgan fingerprint density at radius 2 is 1.97 bits per heavy atom. The maximum Gasteiger partial charge on any atom is 0.139 e. The van der Waals surface area contributed by atoms with Crippen molar-refractivity contribution < 1.29 is 14.4 Å². The molecule has 0 amide bonds. The lowest BCUT2D eigenvalue weighted by Gasteiger charge is -2.57. The van der Waals surface area contributed by atoms with Crippen LogP contribution in [0.1, 0.15) is 65.7 Å². The number of aliphatic hydroxyl groups is 1. The number of hydrogen-bond donors (Lipinski definition) is 1. The fourth-order valence-electron chi connectivity index (χ4n) is 8.46. The summed E-state index contributed by atoms with van der Waals surface area (Å²) < 4.78 is 2.13. The zero-order chi connectivity index (χ0) is 21.2. The number of Topliss-reactive ketones (excluding diaryl/α,β-unsaturated/α-hetero) is 1. The van der Waals surface area contributed by atoms with Crippen LogP contribution in [0.4, 0.5) is 0 Å². The van der Waals surface area contributed by atoms with Crippen molar-refractivity contribution in [1.82, 2.24) is 0 Å². The molecular formula is C25H41INO2+. The van der Waals surface area contributed by atoms with Gasteiger partial charge in [-0.1, -0.05) is 48.1 Å². The van der Waals surface area contributed by atoms with Gasteiger partial charge in [-0.2, -0.15) is 0 Å². The lowest BCUT2D eigenvalue weighted by molar-refractivity contribution is -0.914. The van der Waals surface area contributed by atoms with E-state index in [1.165, 1.54) is 25.7 Å². The van der Waals surface area contributed by atoms with Gasteiger partial charge < -0.3 is 9.59 Å². The highest BCUT2D eigenvalue weighted by molar-refractivity contribution is 14.1. The van der Waals surface area contributed by atoms with Gasteiger partial charge in [0, 0.05) is 10.8 Å². The van der Waals surface area contributed by atoms with E-state index in [1.54, 1.807) is 5.57 Å². The van der Waals surface area contributed by atoms with Gasteiger partial charge in [-0.15, -0.1) is 0 Å². The fourth-order valence-corrected chi connectivity index (χ4v) is 9.71. The second-order valence-corrected chi connectivity index (χ2v) is 12.9. The van der Waals surface area contributed by atoms with Gasteiger partial charge in [-0.05, 0) is 74.0 Å². The molecule has 4 heteroatoms. The van der Waals surface area contributed by atoms with E-state index in [4.69, 9.17) is 0 Å². The van der Waals surface area contributed by atoms with Gasteiger partial charge in [0.1, 0.15) is 5.78 Å². The van der Waals surface area contributed by atoms with Crippen LogP contribution >= 0.6 is 22.6 Å². The van der Waals surface area contributed by atoms with Gasteiger partial charge in [0.25, 0.3) is 0 Å². The lowest BCUT2D eigenvalue weighted by atomic mass is 9.47. The zero-order valence-electron chi connectivity index (χ0n) is 19.1. The maximum atomic E-state index is 13.0. The van der Waals surface area contributed by atoms with E-state index in [2.05, 4.69) is 56.6 Å². The van der Waals surface area contributed by atoms with Crippen molar-refractivity contribution in [2.75, 3.05) is 25.1 Å². The number of alkyl halides is 1. The first-order valence-electron chi connectivity index (χ1n) is 11.8. The van der Waals surface area contributed by atoms with E-state index in [0.29, 0.717) is 23.7 Å². The molecule has 4 rings (SSSR count). The quantitative estimate of drug-likeness (QED) is 0.248. The van der Waals surface area contributed by atoms with Crippen molar-refractivity contribution in [3.05, 3.63) is 11.6 Å². The SMILES string of the molecule is CC(=O)[C@H]1[C@H]([N+](C)(C)CCI)C[C@H]2[C@@H]3CC=C4C[C@@H](O)CC[C@]4(C)[C@H]3CC[C@@]21C. The molecular weight excluding hydrogens is 473 g/mol. The van der Waals surface area contributed by atoms with Crippen LogP contribution < -0.4 is 0 Å². The number of aliphatic hydroxyl groups excluding tert-OH is 1. The summed E-state index contributed by atoms with van der Waals surface area (Å²) in [5, 5.41) is 10.2. The highest BCUT2D eigenvalue weighted by atomic mass is 127. The number of halogens is 1. The monoisotopic (exact) mass is 514 g/mol. The summed E-state index contributed by atoms with van der Waals surface area (Å²) in [6.07, 6.45) is 10.2. The second-order valence-electron chi connectivity index (χ2n) is 11.8. The van der Waals surface area contributed by atoms with Crippen LogP contribution in [-0.4, -0.2) is 52.6 Å². The Morgan fingerprint density at radius 1 is 1.24 bits per heavy atom. The number of carbonyl (C=O) groups is 1. The molecule has 8 atom stereocenters. The van der Waals surface area contributed by atoms with Crippen LogP contribution in [0.15, 0.2) is 11.6 Å². The summed E-state index contributed by atoms with van der Waals surface area (Å²) in [5.74, 6) is 2.74. The van der Waals surface area contributed by atoms with E-state index in [0.717, 1.165) is 40.6 Å². The third-order valence-corrected chi connectivity index (χ3v) is 10.6. The summed E-state index contributed by atoms with van der Waals surface area (Å²) in [6.45, 7) is 7.97. The minimum Gasteiger partial charge on any atom is -0.393 e. The molecule has 3 nitrogen and oxygen atoms in total. The van der Waals surface area contributed by atoms with E-state index in [1.807, 2.05) is 6.92 Å². The molecule has 0 radical (unpaired) electrons. The number of fused-ring (bicyclic) bond motifs is 5. The maximum absolute atomic E-state index is 13.0. The minimum atomic E-state index is -0.135. The van der Waals surface area contributed by atoms with Crippen molar-refractivity contribution in [2.24, 2.45) is 34.5 Å². The van der Waals surface area contributed by atoms with Crippen LogP contribution in [0.3, 0.4) is 0 Å². The average molecular weight is 515 g/mol. The molecule has 0 saturated heterocycles. The van der Waals surface area contributed by atoms with Crippen molar-refractivity contribution in [2.45, 2.75) is 77.9 Å². The molecule has 4 aliphatic rings. The molecule has 0 bridgehead atoms. The highest BCUT2D eigenvalue weighted by Crippen LogP contribution is 2.67. The number of rotatable bonds is 4. The Hall–Kier alpha value is 0.0600. The molecule has 0 unspecified atom stereocenters. The molecule has 0 aromatic carbocycles. The topological polar surface area (TPSA) is 37.3 Å². The minimum absolute atomic E-state index is 0.135. The van der Waals surface area contributed by atoms with E-state index in [9.17, 15) is 9.90 Å². The van der Waals surface area contributed by atoms with Crippen molar-refractivity contribution in [3.63, 3.8) is 0 Å². The Labute approximate surface area is 191 Å². The Bertz CT molecular complexity index is 703. The Morgan fingerprint density at radius 3 is 2.62 bits per heavy atom. The van der Waals surface area contributed by atoms with Gasteiger partial charge in [-0.3, -0.25) is 4.79 Å². The van der Waals surface area contributed by atoms with Crippen molar-refractivity contribution in [3.8, 4) is 0 Å². The highest BCUT2D eigenvalue weighted by Gasteiger charge is 2.64. The number of hydrogen-bond acceptors (Lipinski definition) is 2. The van der Waals surface area contributed by atoms with Crippen molar-refractivity contribution in [1.29, 1.82) is 0 Å². The van der Waals surface area contributed by atoms with E-state index >= 15 is 0 Å². The Kier molecular flexibility index (Phi) is 5.82. The van der Waals surface area contributed by atoms with Crippen LogP contribution in [0.2, 0.25) is 0 Å². The van der Waals surface area contributed by atoms with E-state index < -0.39 is 0 Å². The second kappa shape index (κ2) is 7.58. The predicted molar refractivity (Wildman–Crippen MR) is 127 cm³/mol. The summed E-state index contributed by atoms with van der Waals surface area (Å²) in [6, 6.07) is 0.461. The number of quaternary nitrogens is 1. The Balaban J connectivity index is 1.69. The number of carbonyl (C=O) groups excluding carboxylic acids is 1. The van der Waals surface area contributed by atoms with Crippen LogP contribution in [0, 0.1) is 34.5 Å². The molecule has 0 aromatic rings. The van der Waals surface area contributed by atoms with Gasteiger partial charge >= 0.3 is 0 Å². The third-order valence-electron chi connectivity index (χ3n) is 10.1. The summed E-state index contributed by atoms with van der Waals surface area (Å²) >= 11 is 2.49. The molecule has 0 spiro atoms. The van der Waals surface area contributed by atoms with Crippen LogP contribution in [0.5, 0.6) is 0 Å². The molecule has 1 N–H and O–H groups in total.